The molecular weight excluding hydrogens is 370 g/mol. The Hall–Kier alpha value is -3.51. The van der Waals surface area contributed by atoms with E-state index < -0.39 is 5.92 Å². The molecule has 0 radical (unpaired) electrons. The van der Waals surface area contributed by atoms with Crippen molar-refractivity contribution in [1.29, 1.82) is 0 Å². The molecule has 0 aliphatic heterocycles. The Labute approximate surface area is 168 Å². The van der Waals surface area contributed by atoms with Gasteiger partial charge in [0.05, 0.1) is 5.92 Å². The number of thiocarbonyl (C=S) groups is 1. The van der Waals surface area contributed by atoms with Crippen LogP contribution in [0.15, 0.2) is 91.0 Å². The van der Waals surface area contributed by atoms with E-state index in [0.29, 0.717) is 5.56 Å². The van der Waals surface area contributed by atoms with Gasteiger partial charge in [0.15, 0.2) is 5.11 Å². The van der Waals surface area contributed by atoms with Crippen LogP contribution in [0.1, 0.15) is 27.4 Å². The summed E-state index contributed by atoms with van der Waals surface area (Å²) in [6.07, 6.45) is 0. The molecule has 3 aromatic carbocycles. The van der Waals surface area contributed by atoms with Gasteiger partial charge >= 0.3 is 0 Å². The van der Waals surface area contributed by atoms with E-state index in [1.807, 2.05) is 66.7 Å². The summed E-state index contributed by atoms with van der Waals surface area (Å²) >= 11 is 5.16. The van der Waals surface area contributed by atoms with Gasteiger partial charge in [-0.2, -0.15) is 0 Å². The van der Waals surface area contributed by atoms with Crippen LogP contribution in [-0.2, 0) is 4.79 Å². The average Bonchev–Trinajstić information content (AvgIpc) is 2.74. The third-order valence-corrected chi connectivity index (χ3v) is 4.29. The first kappa shape index (κ1) is 19.3. The molecule has 0 fully saturated rings. The van der Waals surface area contributed by atoms with E-state index in [1.54, 1.807) is 24.3 Å². The van der Waals surface area contributed by atoms with Crippen LogP contribution in [0.2, 0.25) is 0 Å². The smallest absolute Gasteiger partial charge is 0.269 e. The maximum absolute atomic E-state index is 12.9. The van der Waals surface area contributed by atoms with Crippen molar-refractivity contribution in [3.05, 3.63) is 108 Å². The van der Waals surface area contributed by atoms with E-state index in [-0.39, 0.29) is 16.9 Å². The van der Waals surface area contributed by atoms with Crippen molar-refractivity contribution in [1.82, 2.24) is 16.2 Å². The molecule has 0 aliphatic rings. The minimum Gasteiger partial charge on any atom is -0.301 e. The molecule has 140 valence electrons. The highest BCUT2D eigenvalue weighted by Gasteiger charge is 2.23. The van der Waals surface area contributed by atoms with Crippen molar-refractivity contribution >= 4 is 29.1 Å². The fourth-order valence-corrected chi connectivity index (χ4v) is 2.93. The summed E-state index contributed by atoms with van der Waals surface area (Å²) in [4.78, 5) is 25.0. The van der Waals surface area contributed by atoms with Crippen LogP contribution in [0.3, 0.4) is 0 Å². The number of hydrogen-bond acceptors (Lipinski definition) is 3. The first-order valence-electron chi connectivity index (χ1n) is 8.71. The molecule has 0 saturated heterocycles. The predicted molar refractivity (Wildman–Crippen MR) is 113 cm³/mol. The van der Waals surface area contributed by atoms with Gasteiger partial charge in [-0.3, -0.25) is 20.4 Å². The van der Waals surface area contributed by atoms with Gasteiger partial charge in [0, 0.05) is 5.56 Å². The highest BCUT2D eigenvalue weighted by Crippen LogP contribution is 2.24. The first-order chi connectivity index (χ1) is 13.6. The highest BCUT2D eigenvalue weighted by atomic mass is 32.1. The standard InChI is InChI=1S/C22H19N3O2S/c26-20(18-14-8-3-9-15-18)24-25-22(28)23-21(27)19(16-10-4-1-5-11-16)17-12-6-2-7-13-17/h1-15,19H,(H,24,26)(H2,23,25,27,28). The van der Waals surface area contributed by atoms with E-state index in [9.17, 15) is 9.59 Å². The number of hydrogen-bond donors (Lipinski definition) is 3. The predicted octanol–water partition coefficient (Wildman–Crippen LogP) is 3.15. The molecule has 3 N–H and O–H groups in total. The quantitative estimate of drug-likeness (QED) is 0.474. The van der Waals surface area contributed by atoms with E-state index >= 15 is 0 Å². The lowest BCUT2D eigenvalue weighted by Gasteiger charge is -2.18. The van der Waals surface area contributed by atoms with Crippen LogP contribution in [0.25, 0.3) is 0 Å². The minimum absolute atomic E-state index is 0.0196. The molecule has 0 aromatic heterocycles. The molecule has 3 rings (SSSR count). The Morgan fingerprint density at radius 3 is 1.64 bits per heavy atom. The number of rotatable bonds is 4. The van der Waals surface area contributed by atoms with Crippen LogP contribution in [0.5, 0.6) is 0 Å². The maximum Gasteiger partial charge on any atom is 0.269 e. The second kappa shape index (κ2) is 9.43. The highest BCUT2D eigenvalue weighted by molar-refractivity contribution is 7.80. The SMILES string of the molecule is O=C(NNC(=S)NC(=O)C(c1ccccc1)c1ccccc1)c1ccccc1. The molecule has 2 amide bonds. The van der Waals surface area contributed by atoms with Gasteiger partial charge < -0.3 is 5.32 Å². The summed E-state index contributed by atoms with van der Waals surface area (Å²) in [7, 11) is 0. The lowest BCUT2D eigenvalue weighted by molar-refractivity contribution is -0.120. The number of amides is 2. The summed E-state index contributed by atoms with van der Waals surface area (Å²) < 4.78 is 0. The van der Waals surface area contributed by atoms with E-state index in [1.165, 1.54) is 0 Å². The van der Waals surface area contributed by atoms with Gasteiger partial charge in [0.25, 0.3) is 5.91 Å². The maximum atomic E-state index is 12.9. The fourth-order valence-electron chi connectivity index (χ4n) is 2.78. The van der Waals surface area contributed by atoms with E-state index in [2.05, 4.69) is 16.2 Å². The van der Waals surface area contributed by atoms with Crippen LogP contribution in [0, 0.1) is 0 Å². The lowest BCUT2D eigenvalue weighted by Crippen LogP contribution is -2.49. The lowest BCUT2D eigenvalue weighted by atomic mass is 9.90. The normalized spacial score (nSPS) is 10.2. The van der Waals surface area contributed by atoms with Gasteiger partial charge in [-0.25, -0.2) is 0 Å². The van der Waals surface area contributed by atoms with Crippen LogP contribution >= 0.6 is 12.2 Å². The summed E-state index contributed by atoms with van der Waals surface area (Å²) in [5.74, 6) is -1.16. The van der Waals surface area contributed by atoms with Crippen molar-refractivity contribution in [2.24, 2.45) is 0 Å². The van der Waals surface area contributed by atoms with E-state index in [4.69, 9.17) is 12.2 Å². The van der Waals surface area contributed by atoms with Crippen molar-refractivity contribution < 1.29 is 9.59 Å². The number of benzene rings is 3. The van der Waals surface area contributed by atoms with E-state index in [0.717, 1.165) is 11.1 Å². The summed E-state index contributed by atoms with van der Waals surface area (Å²) in [6.45, 7) is 0. The molecule has 0 aliphatic carbocycles. The van der Waals surface area contributed by atoms with Crippen molar-refractivity contribution in [3.8, 4) is 0 Å². The zero-order chi connectivity index (χ0) is 19.8. The molecule has 5 nitrogen and oxygen atoms in total. The van der Waals surface area contributed by atoms with Gasteiger partial charge in [-0.15, -0.1) is 0 Å². The fraction of sp³-hybridized carbons (Fsp3) is 0.0455. The molecule has 0 atom stereocenters. The zero-order valence-electron chi connectivity index (χ0n) is 15.0. The second-order valence-electron chi connectivity index (χ2n) is 6.02. The molecule has 0 spiro atoms. The van der Waals surface area contributed by atoms with Gasteiger partial charge in [0.2, 0.25) is 5.91 Å². The van der Waals surface area contributed by atoms with Gasteiger partial charge in [-0.05, 0) is 35.5 Å². The molecule has 28 heavy (non-hydrogen) atoms. The Bertz CT molecular complexity index is 908. The van der Waals surface area contributed by atoms with Crippen LogP contribution in [-0.4, -0.2) is 16.9 Å². The third-order valence-electron chi connectivity index (χ3n) is 4.09. The molecule has 0 bridgehead atoms. The number of nitrogens with one attached hydrogen (secondary N) is 3. The molecule has 3 aromatic rings. The topological polar surface area (TPSA) is 70.2 Å². The molecular formula is C22H19N3O2S. The minimum atomic E-state index is -0.521. The Morgan fingerprint density at radius 2 is 1.14 bits per heavy atom. The average molecular weight is 389 g/mol. The number of carbonyl (C=O) groups is 2. The molecule has 0 heterocycles. The summed E-state index contributed by atoms with van der Waals surface area (Å²) in [5.41, 5.74) is 7.23. The zero-order valence-corrected chi connectivity index (χ0v) is 15.8. The molecule has 0 saturated carbocycles. The summed E-state index contributed by atoms with van der Waals surface area (Å²) in [6, 6.07) is 27.6. The van der Waals surface area contributed by atoms with Crippen molar-refractivity contribution in [2.75, 3.05) is 0 Å². The van der Waals surface area contributed by atoms with Crippen LogP contribution < -0.4 is 16.2 Å². The molecule has 0 unspecified atom stereocenters. The van der Waals surface area contributed by atoms with Crippen molar-refractivity contribution in [3.63, 3.8) is 0 Å². The first-order valence-corrected chi connectivity index (χ1v) is 9.12. The second-order valence-corrected chi connectivity index (χ2v) is 6.43. The third kappa shape index (κ3) is 5.02. The largest absolute Gasteiger partial charge is 0.301 e. The number of hydrazine groups is 1. The Kier molecular flexibility index (Phi) is 6.49. The van der Waals surface area contributed by atoms with Crippen LogP contribution in [0.4, 0.5) is 0 Å². The Balaban J connectivity index is 1.66. The Morgan fingerprint density at radius 1 is 0.679 bits per heavy atom. The summed E-state index contributed by atoms with van der Waals surface area (Å²) in [5, 5.41) is 2.67. The van der Waals surface area contributed by atoms with Gasteiger partial charge in [-0.1, -0.05) is 78.9 Å². The number of carbonyl (C=O) groups excluding carboxylic acids is 2. The molecule has 6 heteroatoms. The monoisotopic (exact) mass is 389 g/mol. The van der Waals surface area contributed by atoms with Gasteiger partial charge in [0.1, 0.15) is 0 Å². The van der Waals surface area contributed by atoms with Crippen molar-refractivity contribution in [2.45, 2.75) is 5.92 Å².